The average molecular weight is 276 g/mol. The minimum Gasteiger partial charge on any atom is -0.329 e. The van der Waals surface area contributed by atoms with Crippen LogP contribution in [0.1, 0.15) is 0 Å². The molecule has 80 valence electrons. The van der Waals surface area contributed by atoms with Crippen LogP contribution in [0.5, 0.6) is 0 Å². The van der Waals surface area contributed by atoms with Crippen molar-refractivity contribution in [1.29, 1.82) is 0 Å². The van der Waals surface area contributed by atoms with Crippen molar-refractivity contribution in [2.24, 2.45) is 7.05 Å². The lowest BCUT2D eigenvalue weighted by molar-refractivity contribution is 0.787. The van der Waals surface area contributed by atoms with Crippen LogP contribution < -0.4 is 0 Å². The first-order valence-electron chi connectivity index (χ1n) is 5.01. The molecule has 0 aliphatic carbocycles. The number of hydrogen-bond donors (Lipinski definition) is 0. The van der Waals surface area contributed by atoms with Gasteiger partial charge in [0.1, 0.15) is 5.82 Å². The summed E-state index contributed by atoms with van der Waals surface area (Å²) in [6.45, 7) is 0. The maximum Gasteiger partial charge on any atom is 0.134 e. The number of nitrogens with zero attached hydrogens (tertiary/aromatic N) is 3. The fourth-order valence-electron chi connectivity index (χ4n) is 1.92. The third kappa shape index (κ3) is 1.38. The second-order valence-corrected chi connectivity index (χ2v) is 4.64. The van der Waals surface area contributed by atoms with Crippen LogP contribution in [0.15, 0.2) is 47.2 Å². The van der Waals surface area contributed by atoms with Gasteiger partial charge in [-0.1, -0.05) is 18.2 Å². The molecular weight excluding hydrogens is 266 g/mol. The van der Waals surface area contributed by atoms with Crippen molar-refractivity contribution >= 4 is 26.8 Å². The highest BCUT2D eigenvalue weighted by atomic mass is 79.9. The van der Waals surface area contributed by atoms with Gasteiger partial charge < -0.3 is 4.57 Å². The van der Waals surface area contributed by atoms with Crippen LogP contribution in [0, 0.1) is 0 Å². The van der Waals surface area contributed by atoms with Gasteiger partial charge in [0.25, 0.3) is 0 Å². The van der Waals surface area contributed by atoms with E-state index < -0.39 is 0 Å². The van der Waals surface area contributed by atoms with Gasteiger partial charge in [-0.25, -0.2) is 4.68 Å². The Balaban J connectivity index is 2.28. The molecule has 0 unspecified atom stereocenters. The highest BCUT2D eigenvalue weighted by Crippen LogP contribution is 2.21. The Labute approximate surface area is 101 Å². The van der Waals surface area contributed by atoms with E-state index in [2.05, 4.69) is 43.8 Å². The molecule has 1 aromatic carbocycles. The molecule has 0 spiro atoms. The molecule has 4 heteroatoms. The summed E-state index contributed by atoms with van der Waals surface area (Å²) in [5.41, 5.74) is 1.21. The number of para-hydroxylation sites is 1. The van der Waals surface area contributed by atoms with Crippen LogP contribution in [0.4, 0.5) is 0 Å². The summed E-state index contributed by atoms with van der Waals surface area (Å²) in [6, 6.07) is 10.4. The van der Waals surface area contributed by atoms with Crippen molar-refractivity contribution in [3.63, 3.8) is 0 Å². The first kappa shape index (κ1) is 9.66. The van der Waals surface area contributed by atoms with Crippen molar-refractivity contribution in [3.05, 3.63) is 47.2 Å². The molecule has 0 saturated heterocycles. The van der Waals surface area contributed by atoms with Crippen molar-refractivity contribution < 1.29 is 0 Å². The fourth-order valence-corrected chi connectivity index (χ4v) is 2.21. The van der Waals surface area contributed by atoms with Crippen LogP contribution >= 0.6 is 15.9 Å². The number of fused-ring (bicyclic) bond motifs is 1. The summed E-state index contributed by atoms with van der Waals surface area (Å²) in [4.78, 5) is 0. The first-order chi connectivity index (χ1) is 7.75. The molecular formula is C12H10BrN3. The summed E-state index contributed by atoms with van der Waals surface area (Å²) in [6.07, 6.45) is 3.74. The van der Waals surface area contributed by atoms with Crippen LogP contribution in [-0.2, 0) is 7.05 Å². The van der Waals surface area contributed by atoms with Gasteiger partial charge in [-0.05, 0) is 28.1 Å². The van der Waals surface area contributed by atoms with Crippen LogP contribution in [0.3, 0.4) is 0 Å². The summed E-state index contributed by atoms with van der Waals surface area (Å²) >= 11 is 3.41. The number of aryl methyl sites for hydroxylation is 1. The number of hydrogen-bond acceptors (Lipinski definition) is 1. The molecule has 0 saturated carbocycles. The highest BCUT2D eigenvalue weighted by Gasteiger charge is 2.07. The Morgan fingerprint density at radius 3 is 2.75 bits per heavy atom. The Bertz CT molecular complexity index is 651. The zero-order valence-corrected chi connectivity index (χ0v) is 10.3. The molecule has 2 heterocycles. The van der Waals surface area contributed by atoms with E-state index in [1.165, 1.54) is 10.9 Å². The van der Waals surface area contributed by atoms with Gasteiger partial charge in [0, 0.05) is 24.1 Å². The van der Waals surface area contributed by atoms with Crippen molar-refractivity contribution in [2.75, 3.05) is 0 Å². The maximum absolute atomic E-state index is 4.29. The van der Waals surface area contributed by atoms with E-state index in [0.29, 0.717) is 0 Å². The SMILES string of the molecule is Cn1c(-n2cc(Br)cn2)cc2ccccc21. The molecule has 0 radical (unpaired) electrons. The second kappa shape index (κ2) is 3.49. The molecule has 0 bridgehead atoms. The van der Waals surface area contributed by atoms with Gasteiger partial charge >= 0.3 is 0 Å². The predicted molar refractivity (Wildman–Crippen MR) is 67.7 cm³/mol. The normalized spacial score (nSPS) is 11.1. The molecule has 16 heavy (non-hydrogen) atoms. The van der Waals surface area contributed by atoms with Crippen LogP contribution in [-0.4, -0.2) is 14.3 Å². The Kier molecular flexibility index (Phi) is 2.11. The minimum absolute atomic E-state index is 0.984. The lowest BCUT2D eigenvalue weighted by Crippen LogP contribution is -2.01. The Morgan fingerprint density at radius 2 is 2.06 bits per heavy atom. The molecule has 2 aromatic heterocycles. The molecule has 0 amide bonds. The standard InChI is InChI=1S/C12H10BrN3/c1-15-11-5-3-2-4-9(11)6-12(15)16-8-10(13)7-14-16/h2-8H,1H3. The first-order valence-corrected chi connectivity index (χ1v) is 5.80. The van der Waals surface area contributed by atoms with Gasteiger partial charge in [-0.2, -0.15) is 5.10 Å². The van der Waals surface area contributed by atoms with E-state index >= 15 is 0 Å². The zero-order chi connectivity index (χ0) is 11.1. The molecule has 0 fully saturated rings. The highest BCUT2D eigenvalue weighted by molar-refractivity contribution is 9.10. The van der Waals surface area contributed by atoms with Gasteiger partial charge in [0.05, 0.1) is 10.7 Å². The van der Waals surface area contributed by atoms with Gasteiger partial charge in [0.15, 0.2) is 0 Å². The third-order valence-electron chi connectivity index (χ3n) is 2.71. The van der Waals surface area contributed by atoms with Gasteiger partial charge in [0.2, 0.25) is 0 Å². The Morgan fingerprint density at radius 1 is 1.25 bits per heavy atom. The fraction of sp³-hybridized carbons (Fsp3) is 0.0833. The molecule has 0 aliphatic rings. The van der Waals surface area contributed by atoms with E-state index in [4.69, 9.17) is 0 Å². The average Bonchev–Trinajstić information content (AvgIpc) is 2.84. The number of halogens is 1. The van der Waals surface area contributed by atoms with Gasteiger partial charge in [-0.15, -0.1) is 0 Å². The topological polar surface area (TPSA) is 22.8 Å². The summed E-state index contributed by atoms with van der Waals surface area (Å²) in [7, 11) is 2.05. The third-order valence-corrected chi connectivity index (χ3v) is 3.12. The molecule has 0 aliphatic heterocycles. The van der Waals surface area contributed by atoms with Crippen LogP contribution in [0.25, 0.3) is 16.7 Å². The van der Waals surface area contributed by atoms with E-state index in [9.17, 15) is 0 Å². The van der Waals surface area contributed by atoms with E-state index in [1.807, 2.05) is 30.1 Å². The van der Waals surface area contributed by atoms with Gasteiger partial charge in [-0.3, -0.25) is 0 Å². The van der Waals surface area contributed by atoms with E-state index in [0.717, 1.165) is 10.3 Å². The zero-order valence-electron chi connectivity index (χ0n) is 8.76. The number of benzene rings is 1. The smallest absolute Gasteiger partial charge is 0.134 e. The van der Waals surface area contributed by atoms with Crippen molar-refractivity contribution in [2.45, 2.75) is 0 Å². The minimum atomic E-state index is 0.984. The summed E-state index contributed by atoms with van der Waals surface area (Å²) < 4.78 is 4.98. The van der Waals surface area contributed by atoms with E-state index in [-0.39, 0.29) is 0 Å². The lowest BCUT2D eigenvalue weighted by atomic mass is 10.2. The lowest BCUT2D eigenvalue weighted by Gasteiger charge is -2.02. The van der Waals surface area contributed by atoms with E-state index in [1.54, 1.807) is 6.20 Å². The van der Waals surface area contributed by atoms with Crippen molar-refractivity contribution in [3.8, 4) is 5.82 Å². The summed E-state index contributed by atoms with van der Waals surface area (Å²) in [5.74, 6) is 1.06. The molecule has 0 atom stereocenters. The van der Waals surface area contributed by atoms with Crippen LogP contribution in [0.2, 0.25) is 0 Å². The second-order valence-electron chi connectivity index (χ2n) is 3.72. The number of rotatable bonds is 1. The molecule has 0 N–H and O–H groups in total. The van der Waals surface area contributed by atoms with Crippen molar-refractivity contribution in [1.82, 2.24) is 14.3 Å². The molecule has 3 rings (SSSR count). The number of aromatic nitrogens is 3. The monoisotopic (exact) mass is 275 g/mol. The maximum atomic E-state index is 4.29. The largest absolute Gasteiger partial charge is 0.329 e. The summed E-state index contributed by atoms with van der Waals surface area (Å²) in [5, 5.41) is 5.52. The predicted octanol–water partition coefficient (Wildman–Crippen LogP) is 3.13. The molecule has 3 aromatic rings. The Hall–Kier alpha value is -1.55. The molecule has 3 nitrogen and oxygen atoms in total. The quantitative estimate of drug-likeness (QED) is 0.669.